The van der Waals surface area contributed by atoms with Crippen LogP contribution in [0, 0.1) is 0 Å². The van der Waals surface area contributed by atoms with Crippen LogP contribution in [0.2, 0.25) is 0 Å². The van der Waals surface area contributed by atoms with Gasteiger partial charge in [0.25, 0.3) is 0 Å². The van der Waals surface area contributed by atoms with Crippen LogP contribution in [0.25, 0.3) is 0 Å². The van der Waals surface area contributed by atoms with Gasteiger partial charge in [-0.05, 0) is 47.0 Å². The Hall–Kier alpha value is -1.03. The van der Waals surface area contributed by atoms with Gasteiger partial charge in [0.2, 0.25) is 0 Å². The second-order valence-corrected chi connectivity index (χ2v) is 5.03. The number of benzene rings is 1. The summed E-state index contributed by atoms with van der Waals surface area (Å²) in [5.41, 5.74) is 0. The van der Waals surface area contributed by atoms with Gasteiger partial charge >= 0.3 is 0 Å². The van der Waals surface area contributed by atoms with Gasteiger partial charge in [-0.15, -0.1) is 0 Å². The molecule has 1 atom stereocenters. The number of carbonyl (C=O) groups excluding carboxylic acids is 1. The number of carbonyl (C=O) groups is 1. The number of hydrogen-bond acceptors (Lipinski definition) is 3. The second kappa shape index (κ2) is 5.54. The third kappa shape index (κ3) is 3.22. The van der Waals surface area contributed by atoms with E-state index in [1.54, 1.807) is 7.11 Å². The van der Waals surface area contributed by atoms with Crippen molar-refractivity contribution in [3.05, 3.63) is 22.7 Å². The summed E-state index contributed by atoms with van der Waals surface area (Å²) in [5, 5.41) is 0. The number of ketones is 1. The Morgan fingerprint density at radius 2 is 2.24 bits per heavy atom. The minimum Gasteiger partial charge on any atom is -0.497 e. The Kier molecular flexibility index (Phi) is 4.05. The average molecular weight is 299 g/mol. The maximum Gasteiger partial charge on any atom is 0.136 e. The van der Waals surface area contributed by atoms with Gasteiger partial charge in [-0.25, -0.2) is 0 Å². The topological polar surface area (TPSA) is 35.5 Å². The Bertz CT molecular complexity index is 417. The zero-order valence-corrected chi connectivity index (χ0v) is 11.3. The standard InChI is InChI=1S/C13H15BrO3/c1-16-10-5-6-13(12(14)8-10)17-11-4-2-3-9(15)7-11/h5-6,8,11H,2-4,7H2,1H3. The Morgan fingerprint density at radius 3 is 2.88 bits per heavy atom. The number of methoxy groups -OCH3 is 1. The van der Waals surface area contributed by atoms with Gasteiger partial charge in [0, 0.05) is 12.8 Å². The molecule has 0 aromatic heterocycles. The molecule has 0 bridgehead atoms. The van der Waals surface area contributed by atoms with Crippen LogP contribution in [0.15, 0.2) is 22.7 Å². The van der Waals surface area contributed by atoms with Gasteiger partial charge in [0.05, 0.1) is 11.6 Å². The second-order valence-electron chi connectivity index (χ2n) is 4.17. The molecule has 0 saturated heterocycles. The highest BCUT2D eigenvalue weighted by Gasteiger charge is 2.21. The van der Waals surface area contributed by atoms with Gasteiger partial charge in [-0.3, -0.25) is 4.79 Å². The van der Waals surface area contributed by atoms with Crippen molar-refractivity contribution >= 4 is 21.7 Å². The fourth-order valence-electron chi connectivity index (χ4n) is 1.97. The lowest BCUT2D eigenvalue weighted by Gasteiger charge is -2.23. The molecule has 3 nitrogen and oxygen atoms in total. The number of halogens is 1. The molecule has 1 fully saturated rings. The van der Waals surface area contributed by atoms with Crippen LogP contribution in [0.4, 0.5) is 0 Å². The molecule has 1 aliphatic carbocycles. The molecular weight excluding hydrogens is 284 g/mol. The SMILES string of the molecule is COc1ccc(OC2CCCC(=O)C2)c(Br)c1. The first kappa shape index (κ1) is 12.4. The number of ether oxygens (including phenoxy) is 2. The zero-order chi connectivity index (χ0) is 12.3. The van der Waals surface area contributed by atoms with Gasteiger partial charge < -0.3 is 9.47 Å². The van der Waals surface area contributed by atoms with Gasteiger partial charge in [-0.1, -0.05) is 0 Å². The summed E-state index contributed by atoms with van der Waals surface area (Å²) >= 11 is 3.44. The lowest BCUT2D eigenvalue weighted by molar-refractivity contribution is -0.122. The zero-order valence-electron chi connectivity index (χ0n) is 9.74. The quantitative estimate of drug-likeness (QED) is 0.858. The number of Topliss-reactive ketones (excluding diaryl/α,β-unsaturated/α-hetero) is 1. The van der Waals surface area contributed by atoms with Crippen LogP contribution in [-0.4, -0.2) is 19.0 Å². The number of rotatable bonds is 3. The van der Waals surface area contributed by atoms with Crippen LogP contribution in [0.1, 0.15) is 25.7 Å². The number of hydrogen-bond donors (Lipinski definition) is 0. The van der Waals surface area contributed by atoms with Crippen molar-refractivity contribution in [1.29, 1.82) is 0 Å². The monoisotopic (exact) mass is 298 g/mol. The van der Waals surface area contributed by atoms with Crippen LogP contribution >= 0.6 is 15.9 Å². The van der Waals surface area contributed by atoms with E-state index >= 15 is 0 Å². The first-order valence-corrected chi connectivity index (χ1v) is 6.50. The molecule has 1 saturated carbocycles. The molecule has 0 heterocycles. The summed E-state index contributed by atoms with van der Waals surface area (Å²) in [6.07, 6.45) is 3.12. The summed E-state index contributed by atoms with van der Waals surface area (Å²) in [5.74, 6) is 1.85. The highest BCUT2D eigenvalue weighted by molar-refractivity contribution is 9.10. The minimum absolute atomic E-state index is 0.0148. The highest BCUT2D eigenvalue weighted by Crippen LogP contribution is 2.31. The average Bonchev–Trinajstić information content (AvgIpc) is 2.32. The molecule has 0 N–H and O–H groups in total. The lowest BCUT2D eigenvalue weighted by atomic mass is 9.96. The molecule has 0 radical (unpaired) electrons. The molecule has 0 spiro atoms. The first-order chi connectivity index (χ1) is 8.19. The van der Waals surface area contributed by atoms with Crippen molar-refractivity contribution in [2.75, 3.05) is 7.11 Å². The van der Waals surface area contributed by atoms with Crippen molar-refractivity contribution in [2.24, 2.45) is 0 Å². The summed E-state index contributed by atoms with van der Waals surface area (Å²) in [7, 11) is 1.63. The van der Waals surface area contributed by atoms with E-state index in [4.69, 9.17) is 9.47 Å². The first-order valence-electron chi connectivity index (χ1n) is 5.71. The predicted octanol–water partition coefficient (Wildman–Crippen LogP) is 3.35. The van der Waals surface area contributed by atoms with E-state index in [0.29, 0.717) is 18.6 Å². The van der Waals surface area contributed by atoms with Crippen molar-refractivity contribution in [1.82, 2.24) is 0 Å². The smallest absolute Gasteiger partial charge is 0.136 e. The summed E-state index contributed by atoms with van der Waals surface area (Å²) in [6, 6.07) is 5.58. The molecule has 2 rings (SSSR count). The molecule has 92 valence electrons. The molecule has 4 heteroatoms. The predicted molar refractivity (Wildman–Crippen MR) is 68.6 cm³/mol. The molecule has 1 aromatic carbocycles. The normalized spacial score (nSPS) is 20.1. The lowest BCUT2D eigenvalue weighted by Crippen LogP contribution is -2.25. The minimum atomic E-state index is 0.0148. The van der Waals surface area contributed by atoms with E-state index < -0.39 is 0 Å². The third-order valence-corrected chi connectivity index (χ3v) is 3.49. The third-order valence-electron chi connectivity index (χ3n) is 2.87. The van der Waals surface area contributed by atoms with Crippen LogP contribution in [-0.2, 0) is 4.79 Å². The van der Waals surface area contributed by atoms with E-state index in [0.717, 1.165) is 28.8 Å². The molecule has 1 aliphatic rings. The maximum absolute atomic E-state index is 11.3. The van der Waals surface area contributed by atoms with Crippen molar-refractivity contribution in [3.63, 3.8) is 0 Å². The van der Waals surface area contributed by atoms with Crippen LogP contribution in [0.5, 0.6) is 11.5 Å². The molecule has 1 aromatic rings. The molecule has 17 heavy (non-hydrogen) atoms. The summed E-state index contributed by atoms with van der Waals surface area (Å²) in [4.78, 5) is 11.3. The van der Waals surface area contributed by atoms with E-state index in [1.807, 2.05) is 18.2 Å². The van der Waals surface area contributed by atoms with Gasteiger partial charge in [-0.2, -0.15) is 0 Å². The van der Waals surface area contributed by atoms with E-state index in [1.165, 1.54) is 0 Å². The van der Waals surface area contributed by atoms with Crippen LogP contribution in [0.3, 0.4) is 0 Å². The van der Waals surface area contributed by atoms with Crippen molar-refractivity contribution in [3.8, 4) is 11.5 Å². The Morgan fingerprint density at radius 1 is 1.41 bits per heavy atom. The summed E-state index contributed by atoms with van der Waals surface area (Å²) < 4.78 is 11.8. The van der Waals surface area contributed by atoms with Crippen molar-refractivity contribution < 1.29 is 14.3 Å². The van der Waals surface area contributed by atoms with Crippen LogP contribution < -0.4 is 9.47 Å². The van der Waals surface area contributed by atoms with E-state index in [-0.39, 0.29) is 6.10 Å². The fourth-order valence-corrected chi connectivity index (χ4v) is 2.42. The molecule has 1 unspecified atom stereocenters. The Balaban J connectivity index is 2.05. The maximum atomic E-state index is 11.3. The van der Waals surface area contributed by atoms with Gasteiger partial charge in [0.15, 0.2) is 0 Å². The van der Waals surface area contributed by atoms with Gasteiger partial charge in [0.1, 0.15) is 23.4 Å². The highest BCUT2D eigenvalue weighted by atomic mass is 79.9. The summed E-state index contributed by atoms with van der Waals surface area (Å²) in [6.45, 7) is 0. The molecule has 0 amide bonds. The molecular formula is C13H15BrO3. The van der Waals surface area contributed by atoms with E-state index in [9.17, 15) is 4.79 Å². The fraction of sp³-hybridized carbons (Fsp3) is 0.462. The van der Waals surface area contributed by atoms with E-state index in [2.05, 4.69) is 15.9 Å². The Labute approximate surface area is 109 Å². The molecule has 0 aliphatic heterocycles. The van der Waals surface area contributed by atoms with Crippen molar-refractivity contribution in [2.45, 2.75) is 31.8 Å². The largest absolute Gasteiger partial charge is 0.497 e.